The van der Waals surface area contributed by atoms with Gasteiger partial charge in [0.2, 0.25) is 0 Å². The van der Waals surface area contributed by atoms with Crippen molar-refractivity contribution >= 4 is 34.8 Å². The number of halogens is 2. The zero-order chi connectivity index (χ0) is 14.3. The number of carbonyl (C=O) groups is 1. The minimum Gasteiger partial charge on any atom is -0.397 e. The molecule has 1 saturated carbocycles. The first-order valence-corrected chi connectivity index (χ1v) is 7.89. The summed E-state index contributed by atoms with van der Waals surface area (Å²) >= 11 is 12.0. The predicted octanol–water partition coefficient (Wildman–Crippen LogP) is 3.98. The lowest BCUT2D eigenvalue weighted by Gasteiger charge is -2.31. The molecule has 108 valence electrons. The third-order valence-corrected chi connectivity index (χ3v) is 5.39. The minimum atomic E-state index is 0.0321. The van der Waals surface area contributed by atoms with Gasteiger partial charge in [0.05, 0.1) is 15.7 Å². The number of benzene rings is 1. The highest BCUT2D eigenvalue weighted by molar-refractivity contribution is 6.43. The highest BCUT2D eigenvalue weighted by Gasteiger charge is 2.38. The molecule has 2 aliphatic rings. The van der Waals surface area contributed by atoms with E-state index in [1.54, 1.807) is 12.1 Å². The molecule has 1 amide bonds. The van der Waals surface area contributed by atoms with E-state index in [0.717, 1.165) is 19.4 Å². The number of carbonyl (C=O) groups excluding carboxylic acids is 1. The van der Waals surface area contributed by atoms with Gasteiger partial charge in [-0.25, -0.2) is 0 Å². The standard InChI is InChI=1S/C15H18Cl2N2O/c16-11-7-10(8-12(18)14(11)17)15(20)19-6-5-9-3-1-2-4-13(9)19/h7-9,13H,1-6,18H2. The van der Waals surface area contributed by atoms with E-state index in [-0.39, 0.29) is 5.91 Å². The zero-order valence-corrected chi connectivity index (χ0v) is 12.8. The fourth-order valence-corrected chi connectivity index (χ4v) is 3.89. The van der Waals surface area contributed by atoms with Crippen LogP contribution in [0.25, 0.3) is 0 Å². The van der Waals surface area contributed by atoms with Gasteiger partial charge in [-0.1, -0.05) is 36.0 Å². The highest BCUT2D eigenvalue weighted by Crippen LogP contribution is 2.37. The monoisotopic (exact) mass is 312 g/mol. The van der Waals surface area contributed by atoms with E-state index in [1.165, 1.54) is 19.3 Å². The Kier molecular flexibility index (Phi) is 3.83. The van der Waals surface area contributed by atoms with Crippen molar-refractivity contribution in [3.63, 3.8) is 0 Å². The summed E-state index contributed by atoms with van der Waals surface area (Å²) in [6.45, 7) is 0.842. The van der Waals surface area contributed by atoms with E-state index >= 15 is 0 Å². The smallest absolute Gasteiger partial charge is 0.254 e. The largest absolute Gasteiger partial charge is 0.397 e. The molecule has 1 aliphatic heterocycles. The molecule has 1 aromatic rings. The number of nitrogens with two attached hydrogens (primary N) is 1. The van der Waals surface area contributed by atoms with Crippen LogP contribution in [0.2, 0.25) is 10.0 Å². The summed E-state index contributed by atoms with van der Waals surface area (Å²) in [5, 5.41) is 0.662. The van der Waals surface area contributed by atoms with E-state index in [1.807, 2.05) is 4.90 Å². The maximum absolute atomic E-state index is 12.7. The van der Waals surface area contributed by atoms with Gasteiger partial charge in [0.25, 0.3) is 5.91 Å². The summed E-state index contributed by atoms with van der Waals surface area (Å²) in [5.41, 5.74) is 6.71. The van der Waals surface area contributed by atoms with Crippen LogP contribution in [-0.2, 0) is 0 Å². The lowest BCUT2D eigenvalue weighted by Crippen LogP contribution is -2.39. The van der Waals surface area contributed by atoms with Crippen LogP contribution in [-0.4, -0.2) is 23.4 Å². The lowest BCUT2D eigenvalue weighted by atomic mass is 9.85. The molecule has 1 aromatic carbocycles. The quantitative estimate of drug-likeness (QED) is 0.797. The van der Waals surface area contributed by atoms with Crippen LogP contribution in [0.15, 0.2) is 12.1 Å². The Morgan fingerprint density at radius 3 is 2.70 bits per heavy atom. The molecule has 0 spiro atoms. The Balaban J connectivity index is 1.86. The molecule has 0 aromatic heterocycles. The second-order valence-electron chi connectivity index (χ2n) is 5.76. The van der Waals surface area contributed by atoms with Crippen LogP contribution < -0.4 is 5.73 Å². The summed E-state index contributed by atoms with van der Waals surface area (Å²) in [4.78, 5) is 14.7. The number of fused-ring (bicyclic) bond motifs is 1. The van der Waals surface area contributed by atoms with E-state index in [9.17, 15) is 4.79 Å². The van der Waals surface area contributed by atoms with Crippen LogP contribution in [0.1, 0.15) is 42.5 Å². The van der Waals surface area contributed by atoms with Crippen molar-refractivity contribution in [3.05, 3.63) is 27.7 Å². The minimum absolute atomic E-state index is 0.0321. The number of rotatable bonds is 1. The summed E-state index contributed by atoms with van der Waals surface area (Å²) in [6, 6.07) is 3.65. The first-order chi connectivity index (χ1) is 9.58. The normalized spacial score (nSPS) is 25.6. The molecule has 3 nitrogen and oxygen atoms in total. The van der Waals surface area contributed by atoms with Crippen molar-refractivity contribution in [3.8, 4) is 0 Å². The molecule has 0 radical (unpaired) electrons. The Morgan fingerprint density at radius 2 is 1.95 bits per heavy atom. The van der Waals surface area contributed by atoms with E-state index in [2.05, 4.69) is 0 Å². The van der Waals surface area contributed by atoms with E-state index in [0.29, 0.717) is 33.3 Å². The molecular formula is C15H18Cl2N2O. The van der Waals surface area contributed by atoms with Gasteiger partial charge in [-0.05, 0) is 37.3 Å². The molecule has 5 heteroatoms. The Bertz CT molecular complexity index is 524. The second-order valence-corrected chi connectivity index (χ2v) is 6.55. The van der Waals surface area contributed by atoms with Crippen LogP contribution in [0, 0.1) is 5.92 Å². The Morgan fingerprint density at radius 1 is 1.20 bits per heavy atom. The summed E-state index contributed by atoms with van der Waals surface area (Å²) in [6.07, 6.45) is 6.00. The van der Waals surface area contributed by atoms with E-state index in [4.69, 9.17) is 28.9 Å². The number of nitrogen functional groups attached to an aromatic ring is 1. The number of hydrogen-bond acceptors (Lipinski definition) is 2. The van der Waals surface area contributed by atoms with E-state index < -0.39 is 0 Å². The van der Waals surface area contributed by atoms with Gasteiger partial charge in [-0.15, -0.1) is 0 Å². The average Bonchev–Trinajstić information content (AvgIpc) is 2.87. The molecule has 2 N–H and O–H groups in total. The van der Waals surface area contributed by atoms with Gasteiger partial charge >= 0.3 is 0 Å². The molecule has 2 atom stereocenters. The fraction of sp³-hybridized carbons (Fsp3) is 0.533. The van der Waals surface area contributed by atoms with Crippen LogP contribution in [0.5, 0.6) is 0 Å². The molecule has 1 saturated heterocycles. The van der Waals surface area contributed by atoms with Crippen molar-refractivity contribution in [2.24, 2.45) is 5.92 Å². The van der Waals surface area contributed by atoms with Crippen LogP contribution in [0.4, 0.5) is 5.69 Å². The molecule has 2 unspecified atom stereocenters. The number of likely N-dealkylation sites (tertiary alicyclic amines) is 1. The van der Waals surface area contributed by atoms with Gasteiger partial charge in [0.15, 0.2) is 0 Å². The zero-order valence-electron chi connectivity index (χ0n) is 11.2. The van der Waals surface area contributed by atoms with Gasteiger partial charge in [0.1, 0.15) is 0 Å². The van der Waals surface area contributed by atoms with Crippen molar-refractivity contribution < 1.29 is 4.79 Å². The lowest BCUT2D eigenvalue weighted by molar-refractivity contribution is 0.0690. The third kappa shape index (κ3) is 2.38. The van der Waals surface area contributed by atoms with Crippen molar-refractivity contribution in [2.45, 2.75) is 38.1 Å². The van der Waals surface area contributed by atoms with Gasteiger partial charge < -0.3 is 10.6 Å². The van der Waals surface area contributed by atoms with Crippen molar-refractivity contribution in [1.82, 2.24) is 4.90 Å². The predicted molar refractivity (Wildman–Crippen MR) is 82.3 cm³/mol. The number of anilines is 1. The molecule has 20 heavy (non-hydrogen) atoms. The van der Waals surface area contributed by atoms with Crippen molar-refractivity contribution in [1.29, 1.82) is 0 Å². The summed E-state index contributed by atoms with van der Waals surface area (Å²) in [5.74, 6) is 0.706. The molecule has 1 heterocycles. The maximum atomic E-state index is 12.7. The molecule has 2 fully saturated rings. The van der Waals surface area contributed by atoms with Gasteiger partial charge in [-0.3, -0.25) is 4.79 Å². The van der Waals surface area contributed by atoms with Gasteiger partial charge in [0, 0.05) is 18.2 Å². The first kappa shape index (κ1) is 14.0. The van der Waals surface area contributed by atoms with Gasteiger partial charge in [-0.2, -0.15) is 0 Å². The molecule has 3 rings (SSSR count). The Labute approximate surface area is 129 Å². The fourth-order valence-electron chi connectivity index (χ4n) is 3.56. The molecular weight excluding hydrogens is 295 g/mol. The summed E-state index contributed by atoms with van der Waals surface area (Å²) in [7, 11) is 0. The number of nitrogens with zero attached hydrogens (tertiary/aromatic N) is 1. The Hall–Kier alpha value is -0.930. The number of amides is 1. The third-order valence-electron chi connectivity index (χ3n) is 4.57. The second kappa shape index (κ2) is 5.45. The highest BCUT2D eigenvalue weighted by atomic mass is 35.5. The first-order valence-electron chi connectivity index (χ1n) is 7.13. The van der Waals surface area contributed by atoms with Crippen LogP contribution in [0.3, 0.4) is 0 Å². The SMILES string of the molecule is Nc1cc(C(=O)N2CCC3CCCCC32)cc(Cl)c1Cl. The topological polar surface area (TPSA) is 46.3 Å². The maximum Gasteiger partial charge on any atom is 0.254 e. The number of hydrogen-bond donors (Lipinski definition) is 1. The molecule has 1 aliphatic carbocycles. The molecule has 0 bridgehead atoms. The van der Waals surface area contributed by atoms with Crippen LogP contribution >= 0.6 is 23.2 Å². The average molecular weight is 313 g/mol. The van der Waals surface area contributed by atoms with Crippen molar-refractivity contribution in [2.75, 3.05) is 12.3 Å². The summed E-state index contributed by atoms with van der Waals surface area (Å²) < 4.78 is 0.